The van der Waals surface area contributed by atoms with Gasteiger partial charge in [0.2, 0.25) is 5.91 Å². The first-order valence-corrected chi connectivity index (χ1v) is 7.68. The number of benzene rings is 1. The van der Waals surface area contributed by atoms with Crippen LogP contribution in [0.5, 0.6) is 0 Å². The number of amides is 1. The molecule has 0 radical (unpaired) electrons. The Morgan fingerprint density at radius 1 is 1.35 bits per heavy atom. The molecule has 1 aliphatic heterocycles. The van der Waals surface area contributed by atoms with Gasteiger partial charge in [-0.3, -0.25) is 14.7 Å². The van der Waals surface area contributed by atoms with Gasteiger partial charge in [0.1, 0.15) is 0 Å². The molecule has 0 spiro atoms. The predicted octanol–water partition coefficient (Wildman–Crippen LogP) is 2.33. The van der Waals surface area contributed by atoms with Crippen molar-refractivity contribution in [3.8, 4) is 0 Å². The van der Waals surface area contributed by atoms with Gasteiger partial charge in [-0.25, -0.2) is 0 Å². The number of carbonyl (C=O) groups excluding carboxylic acids is 2. The Bertz CT molecular complexity index is 709. The first-order chi connectivity index (χ1) is 11.1. The van der Waals surface area contributed by atoms with E-state index in [1.807, 2.05) is 18.2 Å². The van der Waals surface area contributed by atoms with Crippen molar-refractivity contribution in [1.82, 2.24) is 10.2 Å². The first kappa shape index (κ1) is 15.4. The summed E-state index contributed by atoms with van der Waals surface area (Å²) in [5, 5.41) is 9.82. The zero-order valence-corrected chi connectivity index (χ0v) is 13.0. The fraction of sp³-hybridized carbons (Fsp3) is 0.353. The van der Waals surface area contributed by atoms with Crippen LogP contribution in [0.25, 0.3) is 0 Å². The minimum atomic E-state index is -0.386. The van der Waals surface area contributed by atoms with Crippen LogP contribution in [0.2, 0.25) is 0 Å². The Hall–Kier alpha value is -2.47. The Labute approximate surface area is 134 Å². The van der Waals surface area contributed by atoms with E-state index < -0.39 is 0 Å². The van der Waals surface area contributed by atoms with E-state index in [1.165, 1.54) is 0 Å². The lowest BCUT2D eigenvalue weighted by Gasteiger charge is -2.13. The van der Waals surface area contributed by atoms with Crippen LogP contribution in [-0.4, -0.2) is 28.5 Å². The third-order valence-electron chi connectivity index (χ3n) is 3.95. The van der Waals surface area contributed by atoms with Crippen molar-refractivity contribution in [1.29, 1.82) is 0 Å². The molecular formula is C17H19N3O3. The second-order valence-corrected chi connectivity index (χ2v) is 5.72. The molecule has 6 nitrogen and oxygen atoms in total. The van der Waals surface area contributed by atoms with Crippen molar-refractivity contribution in [2.45, 2.75) is 26.4 Å². The highest BCUT2D eigenvalue weighted by atomic mass is 16.5. The lowest BCUT2D eigenvalue weighted by atomic mass is 9.96. The van der Waals surface area contributed by atoms with E-state index in [-0.39, 0.29) is 24.0 Å². The number of ether oxygens (including phenoxy) is 1. The van der Waals surface area contributed by atoms with Crippen molar-refractivity contribution in [3.05, 3.63) is 47.2 Å². The monoisotopic (exact) mass is 313 g/mol. The molecule has 1 amide bonds. The molecule has 3 rings (SSSR count). The molecule has 2 N–H and O–H groups in total. The summed E-state index contributed by atoms with van der Waals surface area (Å²) in [4.78, 5) is 24.5. The van der Waals surface area contributed by atoms with Crippen LogP contribution < -0.4 is 5.32 Å². The van der Waals surface area contributed by atoms with E-state index in [4.69, 9.17) is 4.74 Å². The van der Waals surface area contributed by atoms with Crippen molar-refractivity contribution < 1.29 is 14.3 Å². The fourth-order valence-electron chi connectivity index (χ4n) is 2.66. The molecule has 0 fully saturated rings. The quantitative estimate of drug-likeness (QED) is 0.830. The van der Waals surface area contributed by atoms with Gasteiger partial charge in [0.25, 0.3) is 0 Å². The van der Waals surface area contributed by atoms with Gasteiger partial charge in [-0.2, -0.15) is 5.10 Å². The summed E-state index contributed by atoms with van der Waals surface area (Å²) in [6, 6.07) is 9.01. The maximum absolute atomic E-state index is 12.3. The molecule has 0 saturated heterocycles. The van der Waals surface area contributed by atoms with E-state index in [0.717, 1.165) is 17.7 Å². The number of rotatable bonds is 5. The van der Waals surface area contributed by atoms with Gasteiger partial charge >= 0.3 is 0 Å². The second-order valence-electron chi connectivity index (χ2n) is 5.72. The van der Waals surface area contributed by atoms with E-state index in [2.05, 4.69) is 15.5 Å². The number of aromatic amines is 1. The van der Waals surface area contributed by atoms with Crippen LogP contribution in [0.4, 0.5) is 5.82 Å². The number of hydrogen-bond donors (Lipinski definition) is 2. The maximum atomic E-state index is 12.3. The smallest absolute Gasteiger partial charge is 0.226 e. The Morgan fingerprint density at radius 3 is 2.91 bits per heavy atom. The highest BCUT2D eigenvalue weighted by Crippen LogP contribution is 2.22. The van der Waals surface area contributed by atoms with Gasteiger partial charge in [-0.05, 0) is 0 Å². The van der Waals surface area contributed by atoms with Gasteiger partial charge < -0.3 is 10.1 Å². The molecule has 2 heterocycles. The number of H-pyrrole nitrogens is 1. The summed E-state index contributed by atoms with van der Waals surface area (Å²) in [5.41, 5.74) is 2.52. The Balaban J connectivity index is 1.61. The number of hydrogen-bond acceptors (Lipinski definition) is 4. The van der Waals surface area contributed by atoms with Crippen LogP contribution in [0, 0.1) is 5.92 Å². The molecule has 0 saturated carbocycles. The number of anilines is 1. The van der Waals surface area contributed by atoms with Gasteiger partial charge in [0.05, 0.1) is 13.2 Å². The Kier molecular flexibility index (Phi) is 4.52. The standard InChI is InChI=1S/C17H19N3O3/c1-11(16(22)12-5-3-2-4-6-12)9-15(21)18-17-13-10-23-8-7-14(13)19-20-17/h2-6,11H,7-10H2,1H3,(H2,18,19,20,21). The highest BCUT2D eigenvalue weighted by molar-refractivity contribution is 6.01. The molecule has 1 unspecified atom stereocenters. The van der Waals surface area contributed by atoms with Crippen LogP contribution in [0.1, 0.15) is 35.0 Å². The topological polar surface area (TPSA) is 84.1 Å². The van der Waals surface area contributed by atoms with Crippen LogP contribution >= 0.6 is 0 Å². The van der Waals surface area contributed by atoms with Crippen molar-refractivity contribution in [3.63, 3.8) is 0 Å². The summed E-state index contributed by atoms with van der Waals surface area (Å²) in [6.07, 6.45) is 0.886. The molecular weight excluding hydrogens is 294 g/mol. The van der Waals surface area contributed by atoms with Crippen molar-refractivity contribution in [2.24, 2.45) is 5.92 Å². The molecule has 2 aromatic rings. The number of Topliss-reactive ketones (excluding diaryl/α,β-unsaturated/α-hetero) is 1. The van der Waals surface area contributed by atoms with Gasteiger partial charge in [-0.1, -0.05) is 37.3 Å². The number of aromatic nitrogens is 2. The SMILES string of the molecule is CC(CC(=O)Nc1n[nH]c2c1COCC2)C(=O)c1ccccc1. The molecule has 0 aliphatic carbocycles. The number of ketones is 1. The molecule has 1 aromatic carbocycles. The number of nitrogens with one attached hydrogen (secondary N) is 2. The van der Waals surface area contributed by atoms with Crippen molar-refractivity contribution in [2.75, 3.05) is 11.9 Å². The van der Waals surface area contributed by atoms with Crippen molar-refractivity contribution >= 4 is 17.5 Å². The summed E-state index contributed by atoms with van der Waals surface area (Å²) in [6.45, 7) is 2.86. The third kappa shape index (κ3) is 3.48. The van der Waals surface area contributed by atoms with Crippen LogP contribution in [-0.2, 0) is 22.6 Å². The van der Waals surface area contributed by atoms with E-state index in [9.17, 15) is 9.59 Å². The fourth-order valence-corrected chi connectivity index (χ4v) is 2.66. The van der Waals surface area contributed by atoms with Gasteiger partial charge in [-0.15, -0.1) is 0 Å². The maximum Gasteiger partial charge on any atom is 0.226 e. The lowest BCUT2D eigenvalue weighted by molar-refractivity contribution is -0.116. The minimum Gasteiger partial charge on any atom is -0.376 e. The highest BCUT2D eigenvalue weighted by Gasteiger charge is 2.22. The zero-order valence-electron chi connectivity index (χ0n) is 13.0. The van der Waals surface area contributed by atoms with Gasteiger partial charge in [0.15, 0.2) is 11.6 Å². The minimum absolute atomic E-state index is 0.0341. The van der Waals surface area contributed by atoms with Crippen LogP contribution in [0.15, 0.2) is 30.3 Å². The molecule has 23 heavy (non-hydrogen) atoms. The summed E-state index contributed by atoms with van der Waals surface area (Å²) >= 11 is 0. The molecule has 1 aliphatic rings. The third-order valence-corrected chi connectivity index (χ3v) is 3.95. The molecule has 1 atom stereocenters. The van der Waals surface area contributed by atoms with E-state index in [1.54, 1.807) is 19.1 Å². The number of carbonyl (C=O) groups is 2. The molecule has 120 valence electrons. The number of fused-ring (bicyclic) bond motifs is 1. The summed E-state index contributed by atoms with van der Waals surface area (Å²) in [5.74, 6) is -0.137. The normalized spacial score (nSPS) is 14.8. The molecule has 1 aromatic heterocycles. The largest absolute Gasteiger partial charge is 0.376 e. The van der Waals surface area contributed by atoms with E-state index >= 15 is 0 Å². The van der Waals surface area contributed by atoms with Gasteiger partial charge in [0, 0.05) is 35.6 Å². The lowest BCUT2D eigenvalue weighted by Crippen LogP contribution is -2.21. The predicted molar refractivity (Wildman–Crippen MR) is 85.1 cm³/mol. The first-order valence-electron chi connectivity index (χ1n) is 7.68. The molecule has 6 heteroatoms. The van der Waals surface area contributed by atoms with Crippen LogP contribution in [0.3, 0.4) is 0 Å². The summed E-state index contributed by atoms with van der Waals surface area (Å²) < 4.78 is 5.39. The average molecular weight is 313 g/mol. The second kappa shape index (κ2) is 6.75. The summed E-state index contributed by atoms with van der Waals surface area (Å²) in [7, 11) is 0. The average Bonchev–Trinajstić information content (AvgIpc) is 2.98. The van der Waals surface area contributed by atoms with E-state index in [0.29, 0.717) is 24.6 Å². The Morgan fingerprint density at radius 2 is 2.13 bits per heavy atom. The molecule has 0 bridgehead atoms. The number of nitrogens with zero attached hydrogens (tertiary/aromatic N) is 1. The zero-order chi connectivity index (χ0) is 16.2.